The highest BCUT2D eigenvalue weighted by Gasteiger charge is 2.10. The van der Waals surface area contributed by atoms with Gasteiger partial charge in [0.05, 0.1) is 0 Å². The number of rotatable bonds is 8. The van der Waals surface area contributed by atoms with Crippen LogP contribution < -0.4 is 10.6 Å². The summed E-state index contributed by atoms with van der Waals surface area (Å²) < 4.78 is 0. The van der Waals surface area contributed by atoms with Gasteiger partial charge in [0.25, 0.3) is 0 Å². The molecule has 0 aromatic carbocycles. The first-order valence-electron chi connectivity index (χ1n) is 7.79. The predicted molar refractivity (Wildman–Crippen MR) is 89.7 cm³/mol. The Kier molecular flexibility index (Phi) is 8.43. The van der Waals surface area contributed by atoms with Crippen molar-refractivity contribution in [3.63, 3.8) is 0 Å². The first-order chi connectivity index (χ1) is 10.2. The minimum Gasteiger partial charge on any atom is -0.356 e. The molecule has 1 atom stereocenters. The van der Waals surface area contributed by atoms with Crippen LogP contribution in [-0.4, -0.2) is 55.1 Å². The first-order valence-corrected chi connectivity index (χ1v) is 7.79. The van der Waals surface area contributed by atoms with Crippen LogP contribution in [0.3, 0.4) is 0 Å². The number of nitrogens with one attached hydrogen (secondary N) is 2. The molecule has 1 aromatic heterocycles. The molecule has 2 N–H and O–H groups in total. The van der Waals surface area contributed by atoms with Crippen LogP contribution in [0.5, 0.6) is 0 Å². The van der Waals surface area contributed by atoms with E-state index in [0.717, 1.165) is 44.3 Å². The summed E-state index contributed by atoms with van der Waals surface area (Å²) in [7, 11) is 1.80. The Labute approximate surface area is 128 Å². The fraction of sp³-hybridized carbons (Fsp3) is 0.625. The molecule has 0 aliphatic rings. The van der Waals surface area contributed by atoms with Crippen LogP contribution in [0.15, 0.2) is 29.4 Å². The summed E-state index contributed by atoms with van der Waals surface area (Å²) in [4.78, 5) is 11.0. The normalized spacial score (nSPS) is 13.3. The number of nitrogens with zero attached hydrogens (tertiary/aromatic N) is 3. The fourth-order valence-corrected chi connectivity index (χ4v) is 2.30. The van der Waals surface area contributed by atoms with Crippen molar-refractivity contribution in [2.75, 3.05) is 33.2 Å². The maximum atomic E-state index is 4.31. The van der Waals surface area contributed by atoms with Gasteiger partial charge in [0.1, 0.15) is 0 Å². The zero-order valence-electron chi connectivity index (χ0n) is 13.8. The van der Waals surface area contributed by atoms with E-state index in [0.29, 0.717) is 6.04 Å². The third-order valence-corrected chi connectivity index (χ3v) is 3.62. The molecule has 0 amide bonds. The van der Waals surface area contributed by atoms with Crippen LogP contribution in [0.2, 0.25) is 0 Å². The third kappa shape index (κ3) is 6.58. The van der Waals surface area contributed by atoms with E-state index >= 15 is 0 Å². The molecule has 0 spiro atoms. The van der Waals surface area contributed by atoms with Crippen molar-refractivity contribution in [1.29, 1.82) is 0 Å². The molecule has 0 radical (unpaired) electrons. The highest BCUT2D eigenvalue weighted by atomic mass is 15.2. The summed E-state index contributed by atoms with van der Waals surface area (Å²) in [5, 5.41) is 6.71. The van der Waals surface area contributed by atoms with Crippen molar-refractivity contribution in [2.24, 2.45) is 4.99 Å². The molecule has 0 aliphatic heterocycles. The van der Waals surface area contributed by atoms with Crippen LogP contribution in [0.25, 0.3) is 0 Å². The van der Waals surface area contributed by atoms with Crippen LogP contribution >= 0.6 is 0 Å². The monoisotopic (exact) mass is 291 g/mol. The minimum absolute atomic E-state index is 0.495. The number of hydrogen-bond acceptors (Lipinski definition) is 3. The van der Waals surface area contributed by atoms with Crippen molar-refractivity contribution in [3.8, 4) is 0 Å². The van der Waals surface area contributed by atoms with E-state index in [-0.39, 0.29) is 0 Å². The molecule has 1 aromatic rings. The Hall–Kier alpha value is -1.62. The van der Waals surface area contributed by atoms with Crippen molar-refractivity contribution >= 4 is 5.96 Å². The molecule has 1 rings (SSSR count). The summed E-state index contributed by atoms with van der Waals surface area (Å²) in [6.07, 6.45) is 2.72. The number of likely N-dealkylation sites (N-methyl/N-ethyl adjacent to an activating group) is 1. The summed E-state index contributed by atoms with van der Waals surface area (Å²) in [5.74, 6) is 0.852. The summed E-state index contributed by atoms with van der Waals surface area (Å²) in [6, 6.07) is 6.49. The van der Waals surface area contributed by atoms with Crippen molar-refractivity contribution in [1.82, 2.24) is 20.5 Å². The molecular formula is C16H29N5. The largest absolute Gasteiger partial charge is 0.356 e. The van der Waals surface area contributed by atoms with Gasteiger partial charge >= 0.3 is 0 Å². The Morgan fingerprint density at radius 3 is 2.62 bits per heavy atom. The maximum absolute atomic E-state index is 4.31. The van der Waals surface area contributed by atoms with Crippen LogP contribution in [0, 0.1) is 0 Å². The van der Waals surface area contributed by atoms with Gasteiger partial charge in [0.2, 0.25) is 0 Å². The van der Waals surface area contributed by atoms with Gasteiger partial charge in [-0.1, -0.05) is 19.9 Å². The average molecular weight is 291 g/mol. The molecule has 1 heterocycles. The van der Waals surface area contributed by atoms with Crippen molar-refractivity contribution in [2.45, 2.75) is 33.2 Å². The Morgan fingerprint density at radius 2 is 2.05 bits per heavy atom. The lowest BCUT2D eigenvalue weighted by atomic mass is 10.2. The van der Waals surface area contributed by atoms with Gasteiger partial charge < -0.3 is 10.6 Å². The Morgan fingerprint density at radius 1 is 1.29 bits per heavy atom. The Bertz CT molecular complexity index is 400. The van der Waals surface area contributed by atoms with E-state index < -0.39 is 0 Å². The molecule has 0 bridgehead atoms. The zero-order valence-corrected chi connectivity index (χ0v) is 13.8. The first kappa shape index (κ1) is 17.4. The predicted octanol–water partition coefficient (Wildman–Crippen LogP) is 1.52. The SMILES string of the molecule is CCN(CC)C(C)CNC(=NC)NCCc1ccccn1. The van der Waals surface area contributed by atoms with E-state index in [9.17, 15) is 0 Å². The van der Waals surface area contributed by atoms with Gasteiger partial charge in [-0.2, -0.15) is 0 Å². The smallest absolute Gasteiger partial charge is 0.191 e. The average Bonchev–Trinajstić information content (AvgIpc) is 2.52. The van der Waals surface area contributed by atoms with Gasteiger partial charge in [-0.25, -0.2) is 0 Å². The molecule has 1 unspecified atom stereocenters. The van der Waals surface area contributed by atoms with Gasteiger partial charge in [-0.3, -0.25) is 14.9 Å². The van der Waals surface area contributed by atoms with E-state index in [1.54, 1.807) is 7.05 Å². The lowest BCUT2D eigenvalue weighted by Crippen LogP contribution is -2.46. The van der Waals surface area contributed by atoms with Crippen LogP contribution in [0.1, 0.15) is 26.5 Å². The zero-order chi connectivity index (χ0) is 15.5. The van der Waals surface area contributed by atoms with E-state index in [1.807, 2.05) is 24.4 Å². The summed E-state index contributed by atoms with van der Waals surface area (Å²) in [6.45, 7) is 10.5. The van der Waals surface area contributed by atoms with Crippen molar-refractivity contribution in [3.05, 3.63) is 30.1 Å². The van der Waals surface area contributed by atoms with Crippen LogP contribution in [0.4, 0.5) is 0 Å². The molecule has 5 heteroatoms. The van der Waals surface area contributed by atoms with Gasteiger partial charge in [-0.05, 0) is 32.1 Å². The summed E-state index contributed by atoms with van der Waals surface area (Å²) >= 11 is 0. The number of pyridine rings is 1. The number of aromatic nitrogens is 1. The fourth-order valence-electron chi connectivity index (χ4n) is 2.30. The number of guanidine groups is 1. The van der Waals surface area contributed by atoms with Gasteiger partial charge in [0.15, 0.2) is 5.96 Å². The number of hydrogen-bond donors (Lipinski definition) is 2. The van der Waals surface area contributed by atoms with E-state index in [4.69, 9.17) is 0 Å². The van der Waals surface area contributed by atoms with Gasteiger partial charge in [0, 0.05) is 44.5 Å². The standard InChI is InChI=1S/C16H29N5/c1-5-21(6-2)14(3)13-20-16(17-4)19-12-10-15-9-7-8-11-18-15/h7-9,11,14H,5-6,10,12-13H2,1-4H3,(H2,17,19,20). The molecule has 118 valence electrons. The van der Waals surface area contributed by atoms with Gasteiger partial charge in [-0.15, -0.1) is 0 Å². The van der Waals surface area contributed by atoms with E-state index in [1.165, 1.54) is 0 Å². The van der Waals surface area contributed by atoms with Crippen LogP contribution in [-0.2, 0) is 6.42 Å². The molecule has 0 fully saturated rings. The Balaban J connectivity index is 2.29. The highest BCUT2D eigenvalue weighted by molar-refractivity contribution is 5.79. The lowest BCUT2D eigenvalue weighted by Gasteiger charge is -2.27. The molecule has 21 heavy (non-hydrogen) atoms. The maximum Gasteiger partial charge on any atom is 0.191 e. The third-order valence-electron chi connectivity index (χ3n) is 3.62. The van der Waals surface area contributed by atoms with E-state index in [2.05, 4.69) is 46.3 Å². The second-order valence-corrected chi connectivity index (χ2v) is 5.02. The molecular weight excluding hydrogens is 262 g/mol. The number of aliphatic imine (C=N–C) groups is 1. The lowest BCUT2D eigenvalue weighted by molar-refractivity contribution is 0.231. The topological polar surface area (TPSA) is 52.5 Å². The quantitative estimate of drug-likeness (QED) is 0.563. The molecule has 5 nitrogen and oxygen atoms in total. The second-order valence-electron chi connectivity index (χ2n) is 5.02. The van der Waals surface area contributed by atoms with Crippen molar-refractivity contribution < 1.29 is 0 Å². The molecule has 0 saturated carbocycles. The second kappa shape index (κ2) is 10.2. The highest BCUT2D eigenvalue weighted by Crippen LogP contribution is 1.96. The molecule has 0 saturated heterocycles. The molecule has 0 aliphatic carbocycles. The summed E-state index contributed by atoms with van der Waals surface area (Å²) in [5.41, 5.74) is 1.09. The minimum atomic E-state index is 0.495.